The van der Waals surface area contributed by atoms with Crippen molar-refractivity contribution in [2.75, 3.05) is 0 Å². The standard InChI is InChI=1S/C26H26N4O4/c1-25(2)11-15-7-19-18(24(33)34)6-14(28-19)10-22-26(3,4)12-16(30-22)8-20-17(23(31)32)5-13(27-20)9-21(25)29-15/h5-10,27-28H,11-12H2,1-4H3,(H,31,32)(H,33,34). The Bertz CT molecular complexity index is 1410. The number of nitrogens with one attached hydrogen (secondary N) is 2. The number of nitrogens with zero attached hydrogens (tertiary/aromatic N) is 2. The first-order valence-electron chi connectivity index (χ1n) is 11.1. The second-order valence-corrected chi connectivity index (χ2v) is 10.4. The molecule has 0 unspecified atom stereocenters. The Labute approximate surface area is 195 Å². The van der Waals surface area contributed by atoms with E-state index in [0.29, 0.717) is 34.9 Å². The van der Waals surface area contributed by atoms with Gasteiger partial charge >= 0.3 is 11.9 Å². The zero-order valence-electron chi connectivity index (χ0n) is 19.5. The van der Waals surface area contributed by atoms with Crippen LogP contribution >= 0.6 is 0 Å². The molecule has 0 atom stereocenters. The zero-order chi connectivity index (χ0) is 24.4. The van der Waals surface area contributed by atoms with E-state index in [-0.39, 0.29) is 22.0 Å². The van der Waals surface area contributed by atoms with Crippen LogP contribution in [0.1, 0.15) is 71.2 Å². The fourth-order valence-corrected chi connectivity index (χ4v) is 4.75. The van der Waals surface area contributed by atoms with Crippen molar-refractivity contribution in [2.24, 2.45) is 0 Å². The summed E-state index contributed by atoms with van der Waals surface area (Å²) in [5.74, 6) is -2.02. The number of carboxylic acids is 2. The van der Waals surface area contributed by atoms with Gasteiger partial charge in [-0.3, -0.25) is 9.97 Å². The molecule has 0 spiro atoms. The molecule has 0 radical (unpaired) electrons. The highest BCUT2D eigenvalue weighted by atomic mass is 16.4. The number of H-pyrrole nitrogens is 2. The van der Waals surface area contributed by atoms with Crippen molar-refractivity contribution < 1.29 is 19.8 Å². The number of carboxylic acid groups (broad SMARTS) is 2. The second kappa shape index (κ2) is 7.28. The third-order valence-corrected chi connectivity index (χ3v) is 6.57. The molecule has 8 heteroatoms. The first-order chi connectivity index (χ1) is 15.9. The van der Waals surface area contributed by atoms with Gasteiger partial charge in [0.1, 0.15) is 0 Å². The smallest absolute Gasteiger partial charge is 0.337 e. The van der Waals surface area contributed by atoms with Gasteiger partial charge in [0.15, 0.2) is 0 Å². The van der Waals surface area contributed by atoms with Crippen LogP contribution in [0.3, 0.4) is 0 Å². The van der Waals surface area contributed by atoms with Gasteiger partial charge in [-0.15, -0.1) is 0 Å². The average molecular weight is 459 g/mol. The van der Waals surface area contributed by atoms with Gasteiger partial charge in [0.2, 0.25) is 0 Å². The molecule has 3 aromatic rings. The minimum absolute atomic E-state index is 0.181. The molecule has 0 aliphatic carbocycles. The highest BCUT2D eigenvalue weighted by Gasteiger charge is 2.30. The zero-order valence-corrected chi connectivity index (χ0v) is 19.5. The van der Waals surface area contributed by atoms with E-state index in [1.807, 2.05) is 12.1 Å². The van der Waals surface area contributed by atoms with Gasteiger partial charge in [0.25, 0.3) is 0 Å². The third-order valence-electron chi connectivity index (χ3n) is 6.57. The van der Waals surface area contributed by atoms with Crippen LogP contribution in [0.2, 0.25) is 0 Å². The van der Waals surface area contributed by atoms with Crippen LogP contribution in [0.4, 0.5) is 0 Å². The lowest BCUT2D eigenvalue weighted by Crippen LogP contribution is -2.15. The summed E-state index contributed by atoms with van der Waals surface area (Å²) in [4.78, 5) is 39.9. The monoisotopic (exact) mass is 458 g/mol. The largest absolute Gasteiger partial charge is 0.478 e. The predicted octanol–water partition coefficient (Wildman–Crippen LogP) is 4.75. The van der Waals surface area contributed by atoms with E-state index >= 15 is 0 Å². The number of hydrogen-bond donors (Lipinski definition) is 4. The van der Waals surface area contributed by atoms with Crippen LogP contribution in [0.5, 0.6) is 0 Å². The van der Waals surface area contributed by atoms with E-state index in [0.717, 1.165) is 22.8 Å². The lowest BCUT2D eigenvalue weighted by atomic mass is 9.87. The summed E-state index contributed by atoms with van der Waals surface area (Å²) in [7, 11) is 0. The number of aromatic carboxylic acids is 2. The minimum atomic E-state index is -1.01. The molecule has 0 aromatic carbocycles. The van der Waals surface area contributed by atoms with Gasteiger partial charge in [0, 0.05) is 57.5 Å². The van der Waals surface area contributed by atoms with Crippen LogP contribution in [0, 0.1) is 0 Å². The van der Waals surface area contributed by atoms with Crippen molar-refractivity contribution >= 4 is 34.0 Å². The van der Waals surface area contributed by atoms with Crippen molar-refractivity contribution in [3.63, 3.8) is 0 Å². The minimum Gasteiger partial charge on any atom is -0.478 e. The maximum atomic E-state index is 11.9. The molecule has 5 rings (SSSR count). The molecule has 0 amide bonds. The molecule has 8 nitrogen and oxygen atoms in total. The number of aromatic amines is 2. The summed E-state index contributed by atoms with van der Waals surface area (Å²) < 4.78 is 0. The normalized spacial score (nSPS) is 16.4. The van der Waals surface area contributed by atoms with Gasteiger partial charge in [-0.2, -0.15) is 0 Å². The Kier molecular flexibility index (Phi) is 4.69. The van der Waals surface area contributed by atoms with Crippen molar-refractivity contribution in [2.45, 2.75) is 51.4 Å². The molecule has 0 fully saturated rings. The summed E-state index contributed by atoms with van der Waals surface area (Å²) in [5.41, 5.74) is 5.13. The van der Waals surface area contributed by atoms with E-state index in [1.54, 1.807) is 24.3 Å². The number of hydrogen-bond acceptors (Lipinski definition) is 4. The van der Waals surface area contributed by atoms with Crippen LogP contribution in [-0.2, 0) is 23.7 Å². The number of rotatable bonds is 2. The van der Waals surface area contributed by atoms with Crippen molar-refractivity contribution in [3.05, 3.63) is 70.3 Å². The highest BCUT2D eigenvalue weighted by Crippen LogP contribution is 2.33. The summed E-state index contributed by atoms with van der Waals surface area (Å²) >= 11 is 0. The van der Waals surface area contributed by atoms with E-state index in [4.69, 9.17) is 9.97 Å². The molecule has 3 aromatic heterocycles. The fourth-order valence-electron chi connectivity index (χ4n) is 4.75. The van der Waals surface area contributed by atoms with E-state index < -0.39 is 11.9 Å². The Balaban J connectivity index is 1.92. The number of aromatic nitrogens is 4. The summed E-state index contributed by atoms with van der Waals surface area (Å²) in [6, 6.07) is 10.5. The molecule has 4 N–H and O–H groups in total. The van der Waals surface area contributed by atoms with Crippen LogP contribution in [-0.4, -0.2) is 42.1 Å². The Morgan fingerprint density at radius 1 is 0.706 bits per heavy atom. The summed E-state index contributed by atoms with van der Waals surface area (Å²) in [5, 5.41) is 19.5. The Hall–Kier alpha value is -3.94. The lowest BCUT2D eigenvalue weighted by molar-refractivity contribution is 0.0688. The quantitative estimate of drug-likeness (QED) is 0.438. The van der Waals surface area contributed by atoms with E-state index in [1.165, 1.54) is 0 Å². The molecule has 5 heterocycles. The maximum absolute atomic E-state index is 11.9. The van der Waals surface area contributed by atoms with E-state index in [9.17, 15) is 19.8 Å². The van der Waals surface area contributed by atoms with Crippen molar-refractivity contribution in [3.8, 4) is 0 Å². The van der Waals surface area contributed by atoms with Gasteiger partial charge in [-0.25, -0.2) is 9.59 Å². The molecule has 2 aliphatic heterocycles. The first kappa shape index (κ1) is 21.9. The fraction of sp³-hybridized carbons (Fsp3) is 0.308. The molecular formula is C26H26N4O4. The highest BCUT2D eigenvalue weighted by molar-refractivity contribution is 5.98. The van der Waals surface area contributed by atoms with Gasteiger partial charge in [-0.05, 0) is 36.4 Å². The molecular weight excluding hydrogens is 432 g/mol. The number of fused-ring (bicyclic) bond motifs is 8. The summed E-state index contributed by atoms with van der Waals surface area (Å²) in [6.07, 6.45) is 1.25. The molecule has 0 saturated carbocycles. The molecule has 34 heavy (non-hydrogen) atoms. The SMILES string of the molecule is CC1(C)Cc2cc3[nH]c(cc4nc(cc5[nH]c(cc1n2)cc5C(=O)O)CC4(C)C)cc3C(=O)O. The van der Waals surface area contributed by atoms with Crippen LogP contribution < -0.4 is 0 Å². The average Bonchev–Trinajstić information content (AvgIpc) is 3.42. The molecule has 174 valence electrons. The number of carbonyl (C=O) groups is 2. The van der Waals surface area contributed by atoms with Crippen LogP contribution in [0.15, 0.2) is 36.4 Å². The van der Waals surface area contributed by atoms with Gasteiger partial charge in [0.05, 0.1) is 22.2 Å². The Morgan fingerprint density at radius 2 is 1.09 bits per heavy atom. The van der Waals surface area contributed by atoms with Gasteiger partial charge in [-0.1, -0.05) is 27.7 Å². The third kappa shape index (κ3) is 3.75. The van der Waals surface area contributed by atoms with Gasteiger partial charge < -0.3 is 20.2 Å². The Morgan fingerprint density at radius 3 is 1.44 bits per heavy atom. The summed E-state index contributed by atoms with van der Waals surface area (Å²) in [6.45, 7) is 8.24. The molecule has 0 saturated heterocycles. The van der Waals surface area contributed by atoms with E-state index in [2.05, 4.69) is 37.7 Å². The predicted molar refractivity (Wildman–Crippen MR) is 128 cm³/mol. The van der Waals surface area contributed by atoms with Crippen molar-refractivity contribution in [1.82, 2.24) is 19.9 Å². The first-order valence-corrected chi connectivity index (χ1v) is 11.1. The molecule has 2 aliphatic rings. The second-order valence-electron chi connectivity index (χ2n) is 10.4. The van der Waals surface area contributed by atoms with Crippen LogP contribution in [0.25, 0.3) is 22.1 Å². The topological polar surface area (TPSA) is 132 Å². The lowest BCUT2D eigenvalue weighted by Gasteiger charge is -2.15. The van der Waals surface area contributed by atoms with Crippen molar-refractivity contribution in [1.29, 1.82) is 0 Å². The molecule has 8 bridgehead atoms. The maximum Gasteiger partial charge on any atom is 0.337 e.